The van der Waals surface area contributed by atoms with Crippen LogP contribution >= 0.6 is 0 Å². The van der Waals surface area contributed by atoms with Gasteiger partial charge in [0.2, 0.25) is 0 Å². The molecule has 1 aliphatic rings. The summed E-state index contributed by atoms with van der Waals surface area (Å²) in [7, 11) is 0. The van der Waals surface area contributed by atoms with Gasteiger partial charge in [-0.2, -0.15) is 0 Å². The molecule has 3 unspecified atom stereocenters. The lowest BCUT2D eigenvalue weighted by Crippen LogP contribution is -2.55. The molecular weight excluding hydrogens is 266 g/mol. The van der Waals surface area contributed by atoms with Gasteiger partial charge in [-0.3, -0.25) is 9.69 Å². The number of aliphatic hydroxyl groups excluding tert-OH is 1. The third-order valence-electron chi connectivity index (χ3n) is 4.28. The molecule has 0 bridgehead atoms. The van der Waals surface area contributed by atoms with Crippen LogP contribution in [0.5, 0.6) is 0 Å². The van der Waals surface area contributed by atoms with E-state index in [9.17, 15) is 9.90 Å². The van der Waals surface area contributed by atoms with Crippen LogP contribution in [0.25, 0.3) is 0 Å². The zero-order chi connectivity index (χ0) is 15.4. The first-order valence-electron chi connectivity index (χ1n) is 7.68. The maximum Gasteiger partial charge on any atom is 0.179 e. The Balaban J connectivity index is 2.09. The van der Waals surface area contributed by atoms with Crippen molar-refractivity contribution in [1.29, 1.82) is 0 Å². The summed E-state index contributed by atoms with van der Waals surface area (Å²) in [5.41, 5.74) is 1.98. The van der Waals surface area contributed by atoms with E-state index in [1.807, 2.05) is 31.2 Å². The largest absolute Gasteiger partial charge is 0.394 e. The summed E-state index contributed by atoms with van der Waals surface area (Å²) in [5.74, 6) is 0.128. The summed E-state index contributed by atoms with van der Waals surface area (Å²) in [5, 5.41) is 9.25. The van der Waals surface area contributed by atoms with Crippen LogP contribution in [0.4, 0.5) is 0 Å². The second-order valence-electron chi connectivity index (χ2n) is 5.77. The summed E-state index contributed by atoms with van der Waals surface area (Å²) in [6, 6.07) is 7.82. The highest BCUT2D eigenvalue weighted by atomic mass is 16.5. The topological polar surface area (TPSA) is 49.8 Å². The van der Waals surface area contributed by atoms with Crippen molar-refractivity contribution in [2.24, 2.45) is 0 Å². The molecule has 1 aliphatic heterocycles. The lowest BCUT2D eigenvalue weighted by Gasteiger charge is -2.40. The quantitative estimate of drug-likeness (QED) is 0.842. The minimum atomic E-state index is -0.203. The number of nitrogens with zero attached hydrogens (tertiary/aromatic N) is 1. The Morgan fingerprint density at radius 3 is 2.67 bits per heavy atom. The number of carbonyl (C=O) groups is 1. The predicted octanol–water partition coefficient (Wildman–Crippen LogP) is 1.90. The molecular formula is C17H25NO3. The zero-order valence-electron chi connectivity index (χ0n) is 13.1. The highest BCUT2D eigenvalue weighted by Crippen LogP contribution is 2.18. The molecule has 0 aliphatic carbocycles. The van der Waals surface area contributed by atoms with Crippen LogP contribution in [-0.2, 0) is 11.2 Å². The average Bonchev–Trinajstić information content (AvgIpc) is 2.54. The Hall–Kier alpha value is -1.23. The Morgan fingerprint density at radius 2 is 2.10 bits per heavy atom. The van der Waals surface area contributed by atoms with Crippen LogP contribution in [-0.4, -0.2) is 53.7 Å². The molecule has 2 rings (SSSR count). The van der Waals surface area contributed by atoms with E-state index in [2.05, 4.69) is 18.7 Å². The predicted molar refractivity (Wildman–Crippen MR) is 82.6 cm³/mol. The van der Waals surface area contributed by atoms with Gasteiger partial charge in [0.25, 0.3) is 0 Å². The van der Waals surface area contributed by atoms with E-state index in [4.69, 9.17) is 4.74 Å². The van der Waals surface area contributed by atoms with Crippen LogP contribution in [0.1, 0.15) is 36.7 Å². The van der Waals surface area contributed by atoms with Crippen molar-refractivity contribution < 1.29 is 14.6 Å². The minimum Gasteiger partial charge on any atom is -0.394 e. The fraction of sp³-hybridized carbons (Fsp3) is 0.588. The lowest BCUT2D eigenvalue weighted by atomic mass is 10.00. The molecule has 4 nitrogen and oxygen atoms in total. The smallest absolute Gasteiger partial charge is 0.179 e. The van der Waals surface area contributed by atoms with E-state index in [1.165, 1.54) is 5.56 Å². The third-order valence-corrected chi connectivity index (χ3v) is 4.28. The highest BCUT2D eigenvalue weighted by molar-refractivity contribution is 5.99. The number of aliphatic hydroxyl groups is 1. The molecule has 0 amide bonds. The van der Waals surface area contributed by atoms with Gasteiger partial charge in [0.1, 0.15) is 0 Å². The number of rotatable bonds is 5. The molecule has 1 aromatic rings. The molecule has 1 N–H and O–H groups in total. The Kier molecular flexibility index (Phi) is 5.51. The first-order chi connectivity index (χ1) is 10.1. The standard InChI is InChI=1S/C17H25NO3/c1-4-14-5-7-15(8-6-14)17(20)13(3)18-9-16(10-19)21-11-12(18)2/h5-8,12-13,16,19H,4,9-11H2,1-3H3. The Bertz CT molecular complexity index is 471. The summed E-state index contributed by atoms with van der Waals surface area (Å²) in [4.78, 5) is 14.8. The second-order valence-corrected chi connectivity index (χ2v) is 5.77. The van der Waals surface area contributed by atoms with Crippen molar-refractivity contribution in [3.63, 3.8) is 0 Å². The number of hydrogen-bond donors (Lipinski definition) is 1. The van der Waals surface area contributed by atoms with E-state index in [1.54, 1.807) is 0 Å². The van der Waals surface area contributed by atoms with E-state index in [0.29, 0.717) is 13.2 Å². The van der Waals surface area contributed by atoms with Gasteiger partial charge < -0.3 is 9.84 Å². The SMILES string of the molecule is CCc1ccc(C(=O)C(C)N2CC(CO)OCC2C)cc1. The van der Waals surface area contributed by atoms with Gasteiger partial charge in [-0.1, -0.05) is 31.2 Å². The van der Waals surface area contributed by atoms with E-state index in [0.717, 1.165) is 12.0 Å². The molecule has 4 heteroatoms. The number of morpholine rings is 1. The molecule has 0 saturated carbocycles. The molecule has 1 aromatic carbocycles. The van der Waals surface area contributed by atoms with Gasteiger partial charge in [0, 0.05) is 18.2 Å². The van der Waals surface area contributed by atoms with Crippen molar-refractivity contribution in [2.45, 2.75) is 45.4 Å². The van der Waals surface area contributed by atoms with Crippen LogP contribution in [0, 0.1) is 0 Å². The number of carbonyl (C=O) groups excluding carboxylic acids is 1. The Morgan fingerprint density at radius 1 is 1.43 bits per heavy atom. The van der Waals surface area contributed by atoms with Crippen LogP contribution in [0.15, 0.2) is 24.3 Å². The maximum absolute atomic E-state index is 12.6. The first kappa shape index (κ1) is 16.1. The van der Waals surface area contributed by atoms with Crippen molar-refractivity contribution in [2.75, 3.05) is 19.8 Å². The van der Waals surface area contributed by atoms with Crippen LogP contribution < -0.4 is 0 Å². The molecule has 1 saturated heterocycles. The monoisotopic (exact) mass is 291 g/mol. The maximum atomic E-state index is 12.6. The zero-order valence-corrected chi connectivity index (χ0v) is 13.1. The average molecular weight is 291 g/mol. The van der Waals surface area contributed by atoms with Gasteiger partial charge >= 0.3 is 0 Å². The van der Waals surface area contributed by atoms with E-state index >= 15 is 0 Å². The number of benzene rings is 1. The van der Waals surface area contributed by atoms with Gasteiger partial charge in [0.15, 0.2) is 5.78 Å². The summed E-state index contributed by atoms with van der Waals surface area (Å²) in [6.07, 6.45) is 0.779. The number of aryl methyl sites for hydroxylation is 1. The van der Waals surface area contributed by atoms with E-state index in [-0.39, 0.29) is 30.6 Å². The molecule has 0 radical (unpaired) electrons. The minimum absolute atomic E-state index is 0.00464. The van der Waals surface area contributed by atoms with Crippen molar-refractivity contribution in [1.82, 2.24) is 4.90 Å². The van der Waals surface area contributed by atoms with Gasteiger partial charge in [-0.15, -0.1) is 0 Å². The first-order valence-corrected chi connectivity index (χ1v) is 7.68. The number of ketones is 1. The molecule has 0 spiro atoms. The van der Waals surface area contributed by atoms with Crippen molar-refractivity contribution >= 4 is 5.78 Å². The Labute approximate surface area is 126 Å². The number of hydrogen-bond acceptors (Lipinski definition) is 4. The molecule has 116 valence electrons. The molecule has 0 aromatic heterocycles. The van der Waals surface area contributed by atoms with Crippen LogP contribution in [0.2, 0.25) is 0 Å². The van der Waals surface area contributed by atoms with Crippen molar-refractivity contribution in [3.05, 3.63) is 35.4 Å². The van der Waals surface area contributed by atoms with Crippen molar-refractivity contribution in [3.8, 4) is 0 Å². The van der Waals surface area contributed by atoms with Crippen LogP contribution in [0.3, 0.4) is 0 Å². The number of ether oxygens (including phenoxy) is 1. The number of Topliss-reactive ketones (excluding diaryl/α,β-unsaturated/α-hetero) is 1. The molecule has 3 atom stereocenters. The normalized spacial score (nSPS) is 24.8. The lowest BCUT2D eigenvalue weighted by molar-refractivity contribution is -0.0846. The summed E-state index contributed by atoms with van der Waals surface area (Å²) < 4.78 is 5.53. The highest BCUT2D eigenvalue weighted by Gasteiger charge is 2.32. The third kappa shape index (κ3) is 3.70. The van der Waals surface area contributed by atoms with Gasteiger partial charge in [0.05, 0.1) is 25.4 Å². The fourth-order valence-corrected chi connectivity index (χ4v) is 2.79. The molecule has 1 fully saturated rings. The molecule has 21 heavy (non-hydrogen) atoms. The summed E-state index contributed by atoms with van der Waals surface area (Å²) in [6.45, 7) is 7.23. The van der Waals surface area contributed by atoms with E-state index < -0.39 is 0 Å². The summed E-state index contributed by atoms with van der Waals surface area (Å²) >= 11 is 0. The van der Waals surface area contributed by atoms with Gasteiger partial charge in [-0.05, 0) is 25.8 Å². The van der Waals surface area contributed by atoms with Gasteiger partial charge in [-0.25, -0.2) is 0 Å². The fourth-order valence-electron chi connectivity index (χ4n) is 2.79. The molecule has 1 heterocycles. The second kappa shape index (κ2) is 7.16.